The highest BCUT2D eigenvalue weighted by Crippen LogP contribution is 2.28. The van der Waals surface area contributed by atoms with E-state index >= 15 is 0 Å². The van der Waals surface area contributed by atoms with E-state index in [4.69, 9.17) is 4.42 Å². The van der Waals surface area contributed by atoms with Crippen molar-refractivity contribution >= 4 is 11.8 Å². The van der Waals surface area contributed by atoms with Gasteiger partial charge in [0, 0.05) is 5.75 Å². The summed E-state index contributed by atoms with van der Waals surface area (Å²) < 4.78 is 5.20. The van der Waals surface area contributed by atoms with Gasteiger partial charge in [-0.05, 0) is 12.1 Å². The van der Waals surface area contributed by atoms with Gasteiger partial charge in [0.1, 0.15) is 11.8 Å². The van der Waals surface area contributed by atoms with Crippen LogP contribution >= 0.6 is 11.8 Å². The molecular formula is C14H15N3OS. The van der Waals surface area contributed by atoms with Crippen LogP contribution in [0.15, 0.2) is 52.4 Å². The summed E-state index contributed by atoms with van der Waals surface area (Å²) in [5.74, 6) is 0.544. The Morgan fingerprint density at radius 1 is 1.42 bits per heavy atom. The Kier molecular flexibility index (Phi) is 4.61. The van der Waals surface area contributed by atoms with Crippen LogP contribution < -0.4 is 5.32 Å². The lowest BCUT2D eigenvalue weighted by atomic mass is 9.93. The summed E-state index contributed by atoms with van der Waals surface area (Å²) in [6.07, 6.45) is 3.14. The largest absolute Gasteiger partial charge is 0.440 e. The normalized spacial score (nSPS) is 13.7. The van der Waals surface area contributed by atoms with Crippen molar-refractivity contribution < 1.29 is 4.42 Å². The molecule has 1 aromatic carbocycles. The highest BCUT2D eigenvalue weighted by atomic mass is 32.2. The van der Waals surface area contributed by atoms with E-state index in [1.165, 1.54) is 18.0 Å². The van der Waals surface area contributed by atoms with Crippen LogP contribution in [0.4, 0.5) is 0 Å². The number of rotatable bonds is 6. The van der Waals surface area contributed by atoms with Gasteiger partial charge in [0.25, 0.3) is 5.22 Å². The smallest absolute Gasteiger partial charge is 0.255 e. The molecule has 2 aromatic rings. The van der Waals surface area contributed by atoms with E-state index in [0.717, 1.165) is 5.56 Å². The van der Waals surface area contributed by atoms with Crippen molar-refractivity contribution in [1.29, 1.82) is 5.26 Å². The van der Waals surface area contributed by atoms with Crippen LogP contribution in [0.2, 0.25) is 0 Å². The molecule has 0 amide bonds. The van der Waals surface area contributed by atoms with Gasteiger partial charge in [0.15, 0.2) is 0 Å². The first-order chi connectivity index (χ1) is 9.30. The zero-order chi connectivity index (χ0) is 13.6. The van der Waals surface area contributed by atoms with E-state index in [-0.39, 0.29) is 0 Å². The topological polar surface area (TPSA) is 61.9 Å². The number of oxazole rings is 1. The Labute approximate surface area is 116 Å². The number of benzene rings is 1. The first-order valence-corrected chi connectivity index (χ1v) is 7.03. The van der Waals surface area contributed by atoms with E-state index in [0.29, 0.717) is 17.5 Å². The minimum Gasteiger partial charge on any atom is -0.440 e. The molecule has 0 aliphatic rings. The van der Waals surface area contributed by atoms with Gasteiger partial charge in [-0.2, -0.15) is 5.26 Å². The Morgan fingerprint density at radius 3 is 2.79 bits per heavy atom. The summed E-state index contributed by atoms with van der Waals surface area (Å²) in [7, 11) is 0. The highest BCUT2D eigenvalue weighted by molar-refractivity contribution is 7.99. The van der Waals surface area contributed by atoms with Crippen LogP contribution in [0, 0.1) is 11.3 Å². The Morgan fingerprint density at radius 2 is 2.21 bits per heavy atom. The lowest BCUT2D eigenvalue weighted by molar-refractivity contribution is 0.448. The maximum absolute atomic E-state index is 9.61. The monoisotopic (exact) mass is 273 g/mol. The van der Waals surface area contributed by atoms with Crippen LogP contribution in [-0.2, 0) is 5.54 Å². The zero-order valence-corrected chi connectivity index (χ0v) is 11.5. The van der Waals surface area contributed by atoms with Crippen LogP contribution in [-0.4, -0.2) is 17.3 Å². The van der Waals surface area contributed by atoms with Crippen molar-refractivity contribution in [2.24, 2.45) is 0 Å². The molecule has 19 heavy (non-hydrogen) atoms. The summed E-state index contributed by atoms with van der Waals surface area (Å²) in [5.41, 5.74) is 0.230. The molecule has 1 aromatic heterocycles. The second kappa shape index (κ2) is 6.41. The fourth-order valence-corrected chi connectivity index (χ4v) is 2.78. The Hall–Kier alpha value is -1.77. The third-order valence-corrected chi connectivity index (χ3v) is 3.78. The fourth-order valence-electron chi connectivity index (χ4n) is 1.85. The summed E-state index contributed by atoms with van der Waals surface area (Å²) in [5, 5.41) is 13.5. The van der Waals surface area contributed by atoms with Crippen molar-refractivity contribution in [1.82, 2.24) is 10.3 Å². The molecule has 0 fully saturated rings. The van der Waals surface area contributed by atoms with Gasteiger partial charge in [-0.25, -0.2) is 4.98 Å². The van der Waals surface area contributed by atoms with Gasteiger partial charge in [-0.15, -0.1) is 0 Å². The number of nitrogens with zero attached hydrogens (tertiary/aromatic N) is 2. The molecule has 0 spiro atoms. The lowest BCUT2D eigenvalue weighted by Gasteiger charge is -2.27. The molecule has 0 saturated heterocycles. The number of nitrogens with one attached hydrogen (secondary N) is 1. The number of nitriles is 1. The summed E-state index contributed by atoms with van der Waals surface area (Å²) in [6, 6.07) is 12.1. The van der Waals surface area contributed by atoms with Crippen molar-refractivity contribution in [3.05, 3.63) is 48.4 Å². The number of aromatic nitrogens is 1. The van der Waals surface area contributed by atoms with E-state index in [2.05, 4.69) is 16.4 Å². The number of hydrogen-bond acceptors (Lipinski definition) is 5. The quantitative estimate of drug-likeness (QED) is 0.820. The molecule has 1 N–H and O–H groups in total. The molecule has 4 nitrogen and oxygen atoms in total. The molecule has 98 valence electrons. The SMILES string of the molecule is CCNC(C#N)(CSc1ncco1)c1ccccc1. The fraction of sp³-hybridized carbons (Fsp3) is 0.286. The zero-order valence-electron chi connectivity index (χ0n) is 10.7. The number of thioether (sulfide) groups is 1. The summed E-state index contributed by atoms with van der Waals surface area (Å²) in [4.78, 5) is 4.07. The predicted molar refractivity (Wildman–Crippen MR) is 74.6 cm³/mol. The van der Waals surface area contributed by atoms with Gasteiger partial charge in [-0.1, -0.05) is 49.0 Å². The Balaban J connectivity index is 2.22. The molecule has 0 aliphatic carbocycles. The first kappa shape index (κ1) is 13.7. The second-order valence-corrected chi connectivity index (χ2v) is 4.93. The molecule has 0 bridgehead atoms. The second-order valence-electron chi connectivity index (χ2n) is 4.00. The third kappa shape index (κ3) is 3.16. The van der Waals surface area contributed by atoms with E-state index in [9.17, 15) is 5.26 Å². The van der Waals surface area contributed by atoms with Gasteiger partial charge in [0.05, 0.1) is 12.3 Å². The molecule has 1 atom stereocenters. The van der Waals surface area contributed by atoms with Gasteiger partial charge >= 0.3 is 0 Å². The average molecular weight is 273 g/mol. The van der Waals surface area contributed by atoms with Crippen LogP contribution in [0.5, 0.6) is 0 Å². The van der Waals surface area contributed by atoms with E-state index in [1.807, 2.05) is 37.3 Å². The molecule has 5 heteroatoms. The predicted octanol–water partition coefficient (Wildman–Crippen LogP) is 2.80. The molecule has 1 heterocycles. The van der Waals surface area contributed by atoms with Crippen molar-refractivity contribution in [2.75, 3.05) is 12.3 Å². The standard InChI is InChI=1S/C14H15N3OS/c1-2-17-14(10-15,12-6-4-3-5-7-12)11-19-13-16-8-9-18-13/h3-9,17H,2,11H2,1H3. The van der Waals surface area contributed by atoms with Crippen LogP contribution in [0.25, 0.3) is 0 Å². The molecule has 0 saturated carbocycles. The van der Waals surface area contributed by atoms with Crippen LogP contribution in [0.1, 0.15) is 12.5 Å². The molecule has 2 rings (SSSR count). The minimum atomic E-state index is -0.727. The van der Waals surface area contributed by atoms with Crippen LogP contribution in [0.3, 0.4) is 0 Å². The third-order valence-electron chi connectivity index (χ3n) is 2.76. The Bertz CT molecular complexity index is 536. The molecular weight excluding hydrogens is 258 g/mol. The average Bonchev–Trinajstić information content (AvgIpc) is 2.98. The van der Waals surface area contributed by atoms with Gasteiger partial charge in [-0.3, -0.25) is 5.32 Å². The molecule has 1 unspecified atom stereocenters. The maximum Gasteiger partial charge on any atom is 0.255 e. The molecule has 0 radical (unpaired) electrons. The molecule has 0 aliphatic heterocycles. The van der Waals surface area contributed by atoms with Gasteiger partial charge < -0.3 is 4.42 Å². The summed E-state index contributed by atoms with van der Waals surface area (Å²) >= 11 is 1.43. The first-order valence-electron chi connectivity index (χ1n) is 6.05. The van der Waals surface area contributed by atoms with E-state index < -0.39 is 5.54 Å². The maximum atomic E-state index is 9.61. The van der Waals surface area contributed by atoms with Crippen molar-refractivity contribution in [3.63, 3.8) is 0 Å². The highest BCUT2D eigenvalue weighted by Gasteiger charge is 2.31. The summed E-state index contributed by atoms with van der Waals surface area (Å²) in [6.45, 7) is 2.71. The van der Waals surface area contributed by atoms with Gasteiger partial charge in [0.2, 0.25) is 0 Å². The van der Waals surface area contributed by atoms with Crippen molar-refractivity contribution in [2.45, 2.75) is 17.7 Å². The van der Waals surface area contributed by atoms with Crippen molar-refractivity contribution in [3.8, 4) is 6.07 Å². The van der Waals surface area contributed by atoms with E-state index in [1.54, 1.807) is 6.20 Å². The minimum absolute atomic E-state index is 0.544. The lowest BCUT2D eigenvalue weighted by Crippen LogP contribution is -2.43. The number of hydrogen-bond donors (Lipinski definition) is 1.